The molecule has 2 aliphatic carbocycles. The zero-order valence-corrected chi connectivity index (χ0v) is 12.5. The van der Waals surface area contributed by atoms with E-state index in [1.54, 1.807) is 0 Å². The summed E-state index contributed by atoms with van der Waals surface area (Å²) in [6, 6.07) is 16.2. The molecule has 0 bridgehead atoms. The Kier molecular flexibility index (Phi) is 3.23. The average Bonchev–Trinajstić information content (AvgIpc) is 3.11. The molecule has 1 amide bonds. The number of rotatable bonds is 4. The predicted octanol–water partition coefficient (Wildman–Crippen LogP) is 2.46. The van der Waals surface area contributed by atoms with Gasteiger partial charge in [0.05, 0.1) is 0 Å². The summed E-state index contributed by atoms with van der Waals surface area (Å²) in [6.07, 6.45) is 1.17. The highest BCUT2D eigenvalue weighted by Crippen LogP contribution is 2.60. The third-order valence-electron chi connectivity index (χ3n) is 5.15. The lowest BCUT2D eigenvalue weighted by Gasteiger charge is -2.09. The number of benzene rings is 2. The van der Waals surface area contributed by atoms with Crippen molar-refractivity contribution in [1.29, 1.82) is 0 Å². The Morgan fingerprint density at radius 2 is 1.91 bits per heavy atom. The molecule has 3 N–H and O–H groups in total. The molecule has 0 radical (unpaired) electrons. The Bertz CT molecular complexity index is 708. The Morgan fingerprint density at radius 1 is 1.14 bits per heavy atom. The van der Waals surface area contributed by atoms with Crippen LogP contribution in [0.4, 0.5) is 0 Å². The van der Waals surface area contributed by atoms with Gasteiger partial charge in [-0.3, -0.25) is 4.79 Å². The van der Waals surface area contributed by atoms with Crippen LogP contribution in [-0.2, 0) is 13.0 Å². The average molecular weight is 292 g/mol. The minimum absolute atomic E-state index is 0.0156. The van der Waals surface area contributed by atoms with E-state index < -0.39 is 0 Å². The number of hydrogen-bond donors (Lipinski definition) is 2. The van der Waals surface area contributed by atoms with Gasteiger partial charge in [0.1, 0.15) is 0 Å². The van der Waals surface area contributed by atoms with Gasteiger partial charge < -0.3 is 11.1 Å². The highest BCUT2D eigenvalue weighted by Gasteiger charge is 2.54. The van der Waals surface area contributed by atoms with E-state index in [4.69, 9.17) is 5.73 Å². The summed E-state index contributed by atoms with van der Waals surface area (Å²) in [7, 11) is 0. The molecule has 3 unspecified atom stereocenters. The molecule has 4 rings (SSSR count). The predicted molar refractivity (Wildman–Crippen MR) is 86.5 cm³/mol. The molecule has 0 aliphatic heterocycles. The van der Waals surface area contributed by atoms with Crippen molar-refractivity contribution in [1.82, 2.24) is 5.32 Å². The zero-order valence-electron chi connectivity index (χ0n) is 12.5. The van der Waals surface area contributed by atoms with Crippen molar-refractivity contribution >= 4 is 5.91 Å². The lowest BCUT2D eigenvalue weighted by atomic mass is 10.0. The summed E-state index contributed by atoms with van der Waals surface area (Å²) < 4.78 is 0. The number of amides is 1. The third kappa shape index (κ3) is 2.22. The van der Waals surface area contributed by atoms with Crippen LogP contribution in [0.2, 0.25) is 0 Å². The van der Waals surface area contributed by atoms with Crippen molar-refractivity contribution in [2.45, 2.75) is 18.9 Å². The number of nitrogens with one attached hydrogen (secondary N) is 1. The minimum Gasteiger partial charge on any atom is -0.352 e. The van der Waals surface area contributed by atoms with Crippen LogP contribution < -0.4 is 11.1 Å². The molecular weight excluding hydrogens is 272 g/mol. The molecule has 1 fully saturated rings. The molecule has 3 nitrogen and oxygen atoms in total. The van der Waals surface area contributed by atoms with Crippen LogP contribution >= 0.6 is 0 Å². The molecule has 0 aromatic heterocycles. The summed E-state index contributed by atoms with van der Waals surface area (Å²) >= 11 is 0. The molecule has 22 heavy (non-hydrogen) atoms. The molecule has 0 spiro atoms. The van der Waals surface area contributed by atoms with E-state index in [1.165, 1.54) is 17.5 Å². The van der Waals surface area contributed by atoms with Gasteiger partial charge >= 0.3 is 0 Å². The van der Waals surface area contributed by atoms with Crippen LogP contribution in [0.3, 0.4) is 0 Å². The van der Waals surface area contributed by atoms with Crippen LogP contribution in [0.25, 0.3) is 0 Å². The van der Waals surface area contributed by atoms with E-state index in [0.717, 1.165) is 18.0 Å². The van der Waals surface area contributed by atoms with Gasteiger partial charge in [0.2, 0.25) is 0 Å². The highest BCUT2D eigenvalue weighted by atomic mass is 16.1. The first-order valence-corrected chi connectivity index (χ1v) is 7.93. The molecule has 3 heteroatoms. The topological polar surface area (TPSA) is 55.1 Å². The third-order valence-corrected chi connectivity index (χ3v) is 5.15. The van der Waals surface area contributed by atoms with Crippen LogP contribution in [0.1, 0.15) is 33.0 Å². The van der Waals surface area contributed by atoms with Gasteiger partial charge in [0.15, 0.2) is 0 Å². The Balaban J connectivity index is 1.36. The number of hydrogen-bond acceptors (Lipinski definition) is 2. The second-order valence-corrected chi connectivity index (χ2v) is 6.37. The lowest BCUT2D eigenvalue weighted by Crippen LogP contribution is -2.26. The summed E-state index contributed by atoms with van der Waals surface area (Å²) in [5.41, 5.74) is 10.3. The molecule has 0 heterocycles. The normalized spacial score (nSPS) is 24.5. The van der Waals surface area contributed by atoms with Gasteiger partial charge in [0, 0.05) is 18.7 Å². The molecule has 2 aromatic carbocycles. The van der Waals surface area contributed by atoms with Gasteiger partial charge in [-0.1, -0.05) is 36.4 Å². The van der Waals surface area contributed by atoms with Gasteiger partial charge in [0.25, 0.3) is 5.91 Å². The number of fused-ring (bicyclic) bond motifs is 3. The largest absolute Gasteiger partial charge is 0.352 e. The minimum atomic E-state index is 0.0156. The highest BCUT2D eigenvalue weighted by molar-refractivity contribution is 5.94. The van der Waals surface area contributed by atoms with E-state index in [-0.39, 0.29) is 5.91 Å². The molecule has 0 saturated heterocycles. The summed E-state index contributed by atoms with van der Waals surface area (Å²) in [5.74, 6) is 2.03. The maximum absolute atomic E-state index is 12.2. The van der Waals surface area contributed by atoms with Gasteiger partial charge in [-0.05, 0) is 53.0 Å². The van der Waals surface area contributed by atoms with Gasteiger partial charge in [-0.15, -0.1) is 0 Å². The van der Waals surface area contributed by atoms with Gasteiger partial charge in [-0.25, -0.2) is 0 Å². The second-order valence-electron chi connectivity index (χ2n) is 6.37. The Morgan fingerprint density at radius 3 is 2.68 bits per heavy atom. The van der Waals surface area contributed by atoms with Crippen molar-refractivity contribution in [3.8, 4) is 0 Å². The van der Waals surface area contributed by atoms with Crippen molar-refractivity contribution in [2.75, 3.05) is 6.54 Å². The fourth-order valence-electron chi connectivity index (χ4n) is 3.87. The van der Waals surface area contributed by atoms with Gasteiger partial charge in [-0.2, -0.15) is 0 Å². The fraction of sp³-hybridized carbons (Fsp3) is 0.316. The Labute approximate surface area is 130 Å². The van der Waals surface area contributed by atoms with E-state index in [2.05, 4.69) is 29.6 Å². The molecule has 1 saturated carbocycles. The van der Waals surface area contributed by atoms with Crippen molar-refractivity contribution in [3.63, 3.8) is 0 Å². The SMILES string of the molecule is NCc1ccc(C(=O)NCC2C3Cc4ccccc4C23)cc1. The quantitative estimate of drug-likeness (QED) is 0.909. The molecule has 2 aromatic rings. The first-order chi connectivity index (χ1) is 10.8. The Hall–Kier alpha value is -2.13. The number of carbonyl (C=O) groups is 1. The first-order valence-electron chi connectivity index (χ1n) is 7.93. The van der Waals surface area contributed by atoms with Crippen LogP contribution in [-0.4, -0.2) is 12.5 Å². The van der Waals surface area contributed by atoms with E-state index in [0.29, 0.717) is 23.9 Å². The maximum atomic E-state index is 12.2. The summed E-state index contributed by atoms with van der Waals surface area (Å²) in [6.45, 7) is 1.29. The number of nitrogens with two attached hydrogens (primary N) is 1. The lowest BCUT2D eigenvalue weighted by molar-refractivity contribution is 0.0951. The smallest absolute Gasteiger partial charge is 0.251 e. The van der Waals surface area contributed by atoms with Crippen molar-refractivity contribution < 1.29 is 4.79 Å². The molecule has 112 valence electrons. The number of carbonyl (C=O) groups excluding carboxylic acids is 1. The zero-order chi connectivity index (χ0) is 15.1. The first kappa shape index (κ1) is 13.5. The summed E-state index contributed by atoms with van der Waals surface area (Å²) in [4.78, 5) is 12.2. The van der Waals surface area contributed by atoms with Crippen LogP contribution in [0.5, 0.6) is 0 Å². The van der Waals surface area contributed by atoms with E-state index in [9.17, 15) is 4.79 Å². The molecular formula is C19H20N2O. The van der Waals surface area contributed by atoms with Crippen molar-refractivity contribution in [3.05, 3.63) is 70.8 Å². The monoisotopic (exact) mass is 292 g/mol. The standard InChI is InChI=1S/C19H20N2O/c20-10-12-5-7-13(8-6-12)19(22)21-11-17-16-9-14-3-1-2-4-15(14)18(16)17/h1-8,16-18H,9-11,20H2,(H,21,22). The maximum Gasteiger partial charge on any atom is 0.251 e. The van der Waals surface area contributed by atoms with E-state index in [1.807, 2.05) is 24.3 Å². The van der Waals surface area contributed by atoms with Crippen LogP contribution in [0, 0.1) is 11.8 Å². The van der Waals surface area contributed by atoms with Crippen LogP contribution in [0.15, 0.2) is 48.5 Å². The second kappa shape index (κ2) is 5.25. The van der Waals surface area contributed by atoms with E-state index >= 15 is 0 Å². The van der Waals surface area contributed by atoms with Crippen molar-refractivity contribution in [2.24, 2.45) is 17.6 Å². The molecule has 2 aliphatic rings. The fourth-order valence-corrected chi connectivity index (χ4v) is 3.87. The molecule has 3 atom stereocenters. The summed E-state index contributed by atoms with van der Waals surface area (Å²) in [5, 5.41) is 3.09.